The zero-order valence-electron chi connectivity index (χ0n) is 19.5. The second kappa shape index (κ2) is 8.61. The van der Waals surface area contributed by atoms with Gasteiger partial charge in [-0.25, -0.2) is 14.8 Å². The van der Waals surface area contributed by atoms with E-state index in [9.17, 15) is 4.79 Å². The molecule has 34 heavy (non-hydrogen) atoms. The highest BCUT2D eigenvalue weighted by Crippen LogP contribution is 2.39. The van der Waals surface area contributed by atoms with E-state index in [1.807, 2.05) is 37.3 Å². The van der Waals surface area contributed by atoms with Crippen LogP contribution in [0.1, 0.15) is 39.9 Å². The number of fused-ring (bicyclic) bond motifs is 2. The number of hydrogen-bond acceptors (Lipinski definition) is 5. The molecule has 0 aliphatic rings. The number of nitrogens with zero attached hydrogens (tertiary/aromatic N) is 3. The Morgan fingerprint density at radius 2 is 1.88 bits per heavy atom. The largest absolute Gasteiger partial charge is 0.465 e. The van der Waals surface area contributed by atoms with Crippen molar-refractivity contribution in [2.24, 2.45) is 0 Å². The quantitative estimate of drug-likeness (QED) is 0.272. The van der Waals surface area contributed by atoms with E-state index in [2.05, 4.69) is 24.5 Å². The first kappa shape index (κ1) is 22.2. The molecule has 0 unspecified atom stereocenters. The topological polar surface area (TPSA) is 70.2 Å². The van der Waals surface area contributed by atoms with Crippen molar-refractivity contribution in [2.45, 2.75) is 33.7 Å². The van der Waals surface area contributed by atoms with Crippen molar-refractivity contribution < 1.29 is 13.9 Å². The van der Waals surface area contributed by atoms with E-state index in [0.29, 0.717) is 23.4 Å². The lowest BCUT2D eigenvalue weighted by molar-refractivity contribution is 0.0601. The SMILES string of the molecule is CCc1nc2c(C)cc(C)nc2n1Cc1ccc2c(-c3ccccc3C(=O)OC)oc(Cl)c2c1. The summed E-state index contributed by atoms with van der Waals surface area (Å²) in [5.41, 5.74) is 6.04. The van der Waals surface area contributed by atoms with E-state index in [-0.39, 0.29) is 5.22 Å². The first-order valence-electron chi connectivity index (χ1n) is 11.1. The van der Waals surface area contributed by atoms with Crippen molar-refractivity contribution in [2.75, 3.05) is 7.11 Å². The van der Waals surface area contributed by atoms with Crippen LogP contribution in [0.2, 0.25) is 5.22 Å². The minimum absolute atomic E-state index is 0.280. The highest BCUT2D eigenvalue weighted by molar-refractivity contribution is 6.34. The number of esters is 1. The van der Waals surface area contributed by atoms with Crippen molar-refractivity contribution in [3.8, 4) is 11.3 Å². The Balaban J connectivity index is 1.61. The number of hydrogen-bond donors (Lipinski definition) is 0. The van der Waals surface area contributed by atoms with Crippen molar-refractivity contribution >= 4 is 39.5 Å². The Morgan fingerprint density at radius 3 is 2.65 bits per heavy atom. The van der Waals surface area contributed by atoms with Gasteiger partial charge in [0, 0.05) is 28.5 Å². The van der Waals surface area contributed by atoms with Crippen molar-refractivity contribution in [1.82, 2.24) is 14.5 Å². The molecule has 2 aromatic carbocycles. The summed E-state index contributed by atoms with van der Waals surface area (Å²) < 4.78 is 13.1. The van der Waals surface area contributed by atoms with Gasteiger partial charge in [0.1, 0.15) is 17.1 Å². The second-order valence-corrected chi connectivity index (χ2v) is 8.69. The number of aryl methyl sites for hydroxylation is 3. The van der Waals surface area contributed by atoms with Crippen molar-refractivity contribution in [3.05, 3.63) is 82.0 Å². The van der Waals surface area contributed by atoms with E-state index < -0.39 is 5.97 Å². The number of carbonyl (C=O) groups excluding carboxylic acids is 1. The van der Waals surface area contributed by atoms with Crippen LogP contribution in [0.5, 0.6) is 0 Å². The standard InChI is InChI=1S/C27H24ClN3O3/c1-5-22-30-23-15(2)12-16(3)29-26(23)31(22)14-17-10-11-19-21(13-17)25(28)34-24(19)18-8-6-7-9-20(18)27(32)33-4/h6-13H,5,14H2,1-4H3. The third-order valence-electron chi connectivity index (χ3n) is 6.07. The fourth-order valence-electron chi connectivity index (χ4n) is 4.49. The van der Waals surface area contributed by atoms with E-state index in [1.54, 1.807) is 12.1 Å². The minimum atomic E-state index is -0.426. The Kier molecular flexibility index (Phi) is 5.62. The summed E-state index contributed by atoms with van der Waals surface area (Å²) in [5.74, 6) is 1.11. The first-order valence-corrected chi connectivity index (χ1v) is 11.5. The van der Waals surface area contributed by atoms with Gasteiger partial charge in [-0.05, 0) is 54.8 Å². The molecule has 0 bridgehead atoms. The van der Waals surface area contributed by atoms with Crippen molar-refractivity contribution in [1.29, 1.82) is 0 Å². The number of imidazole rings is 1. The summed E-state index contributed by atoms with van der Waals surface area (Å²) in [5, 5.41) is 1.90. The maximum atomic E-state index is 12.3. The normalized spacial score (nSPS) is 11.4. The predicted octanol–water partition coefficient (Wildman–Crippen LogP) is 6.51. The number of rotatable bonds is 5. The molecular weight excluding hydrogens is 450 g/mol. The molecule has 0 amide bonds. The van der Waals surface area contributed by atoms with Crippen LogP contribution in [0.3, 0.4) is 0 Å². The smallest absolute Gasteiger partial charge is 0.338 e. The van der Waals surface area contributed by atoms with Gasteiger partial charge in [0.25, 0.3) is 0 Å². The highest BCUT2D eigenvalue weighted by atomic mass is 35.5. The summed E-state index contributed by atoms with van der Waals surface area (Å²) in [7, 11) is 1.36. The van der Waals surface area contributed by atoms with Gasteiger partial charge < -0.3 is 13.7 Å². The van der Waals surface area contributed by atoms with Crippen LogP contribution in [0.15, 0.2) is 52.9 Å². The average Bonchev–Trinajstić information content (AvgIpc) is 3.36. The number of pyridine rings is 1. The van der Waals surface area contributed by atoms with Gasteiger partial charge in [-0.3, -0.25) is 0 Å². The van der Waals surface area contributed by atoms with E-state index in [0.717, 1.165) is 51.0 Å². The van der Waals surface area contributed by atoms with Gasteiger partial charge in [-0.2, -0.15) is 0 Å². The summed E-state index contributed by atoms with van der Waals surface area (Å²) >= 11 is 6.53. The van der Waals surface area contributed by atoms with E-state index in [1.165, 1.54) is 7.11 Å². The molecule has 5 aromatic rings. The number of halogens is 1. The number of carbonyl (C=O) groups is 1. The summed E-state index contributed by atoms with van der Waals surface area (Å²) in [6, 6.07) is 15.3. The predicted molar refractivity (Wildman–Crippen MR) is 133 cm³/mol. The lowest BCUT2D eigenvalue weighted by atomic mass is 10.0. The molecule has 7 heteroatoms. The Hall–Kier alpha value is -3.64. The molecule has 6 nitrogen and oxygen atoms in total. The van der Waals surface area contributed by atoms with Crippen molar-refractivity contribution in [3.63, 3.8) is 0 Å². The van der Waals surface area contributed by atoms with Crippen LogP contribution < -0.4 is 0 Å². The van der Waals surface area contributed by atoms with Gasteiger partial charge >= 0.3 is 5.97 Å². The lowest BCUT2D eigenvalue weighted by Crippen LogP contribution is -2.05. The van der Waals surface area contributed by atoms with Gasteiger partial charge in [0.05, 0.1) is 19.2 Å². The molecule has 0 fully saturated rings. The molecule has 0 aliphatic carbocycles. The fourth-order valence-corrected chi connectivity index (χ4v) is 4.72. The molecule has 0 saturated heterocycles. The van der Waals surface area contributed by atoms with Gasteiger partial charge in [0.2, 0.25) is 5.22 Å². The summed E-state index contributed by atoms with van der Waals surface area (Å²) in [6.45, 7) is 6.78. The highest BCUT2D eigenvalue weighted by Gasteiger charge is 2.21. The third-order valence-corrected chi connectivity index (χ3v) is 6.35. The zero-order chi connectivity index (χ0) is 24.0. The molecule has 0 N–H and O–H groups in total. The van der Waals surface area contributed by atoms with Gasteiger partial charge in [0.15, 0.2) is 5.65 Å². The Labute approximate surface area is 202 Å². The molecule has 0 radical (unpaired) electrons. The maximum Gasteiger partial charge on any atom is 0.338 e. The number of furan rings is 1. The molecule has 0 spiro atoms. The van der Waals surface area contributed by atoms with E-state index >= 15 is 0 Å². The second-order valence-electron chi connectivity index (χ2n) is 8.34. The minimum Gasteiger partial charge on any atom is -0.465 e. The number of benzene rings is 2. The van der Waals surface area contributed by atoms with Crippen LogP contribution in [-0.4, -0.2) is 27.6 Å². The van der Waals surface area contributed by atoms with Crippen LogP contribution >= 0.6 is 11.6 Å². The molecule has 0 aliphatic heterocycles. The Morgan fingerprint density at radius 1 is 1.09 bits per heavy atom. The van der Waals surface area contributed by atoms with Crippen LogP contribution in [0.25, 0.3) is 33.3 Å². The van der Waals surface area contributed by atoms with E-state index in [4.69, 9.17) is 30.7 Å². The Bertz CT molecular complexity index is 1560. The average molecular weight is 474 g/mol. The summed E-state index contributed by atoms with van der Waals surface area (Å²) in [6.07, 6.45) is 0.804. The number of aromatic nitrogens is 3. The number of methoxy groups -OCH3 is 1. The van der Waals surface area contributed by atoms with Gasteiger partial charge in [-0.1, -0.05) is 37.3 Å². The monoisotopic (exact) mass is 473 g/mol. The maximum absolute atomic E-state index is 12.3. The summed E-state index contributed by atoms with van der Waals surface area (Å²) in [4.78, 5) is 21.9. The molecule has 172 valence electrons. The molecular formula is C27H24ClN3O3. The zero-order valence-corrected chi connectivity index (χ0v) is 20.2. The van der Waals surface area contributed by atoms with Gasteiger partial charge in [-0.15, -0.1) is 0 Å². The molecule has 0 atom stereocenters. The first-order chi connectivity index (χ1) is 16.4. The molecule has 3 heterocycles. The molecule has 0 saturated carbocycles. The van der Waals surface area contributed by atoms with Crippen LogP contribution in [0, 0.1) is 13.8 Å². The fraction of sp³-hybridized carbons (Fsp3) is 0.222. The van der Waals surface area contributed by atoms with Crippen LogP contribution in [-0.2, 0) is 17.7 Å². The van der Waals surface area contributed by atoms with Crippen LogP contribution in [0.4, 0.5) is 0 Å². The molecule has 3 aromatic heterocycles. The lowest BCUT2D eigenvalue weighted by Gasteiger charge is -2.09. The number of ether oxygens (including phenoxy) is 1. The molecule has 5 rings (SSSR count). The third kappa shape index (κ3) is 3.64.